The smallest absolute Gasteiger partial charge is 0.257 e. The summed E-state index contributed by atoms with van der Waals surface area (Å²) in [4.78, 5) is 26.2. The van der Waals surface area contributed by atoms with Gasteiger partial charge in [0.1, 0.15) is 5.52 Å². The van der Waals surface area contributed by atoms with Crippen LogP contribution in [0.2, 0.25) is 0 Å². The summed E-state index contributed by atoms with van der Waals surface area (Å²) in [6.07, 6.45) is 6.41. The van der Waals surface area contributed by atoms with Crippen molar-refractivity contribution in [3.63, 3.8) is 0 Å². The van der Waals surface area contributed by atoms with Crippen LogP contribution in [0.1, 0.15) is 36.0 Å². The summed E-state index contributed by atoms with van der Waals surface area (Å²) >= 11 is 0. The van der Waals surface area contributed by atoms with Crippen LogP contribution >= 0.6 is 0 Å². The summed E-state index contributed by atoms with van der Waals surface area (Å²) in [7, 11) is 0. The Morgan fingerprint density at radius 3 is 3.00 bits per heavy atom. The molecule has 1 aliphatic heterocycles. The molecular weight excluding hydrogens is 282 g/mol. The predicted octanol–water partition coefficient (Wildman–Crippen LogP) is 0.862. The second-order valence-corrected chi connectivity index (χ2v) is 5.41. The maximum absolute atomic E-state index is 12.8. The van der Waals surface area contributed by atoms with Gasteiger partial charge in [0.15, 0.2) is 0 Å². The summed E-state index contributed by atoms with van der Waals surface area (Å²) in [5.41, 5.74) is 1.22. The fourth-order valence-electron chi connectivity index (χ4n) is 2.64. The van der Waals surface area contributed by atoms with E-state index in [1.165, 1.54) is 4.63 Å². The Kier molecular flexibility index (Phi) is 4.32. The van der Waals surface area contributed by atoms with Crippen molar-refractivity contribution in [3.05, 3.63) is 30.1 Å². The predicted molar refractivity (Wildman–Crippen MR) is 80.4 cm³/mol. The molecule has 3 heterocycles. The van der Waals surface area contributed by atoms with Gasteiger partial charge in [-0.2, -0.15) is 14.8 Å². The molecule has 7 heteroatoms. The zero-order valence-electron chi connectivity index (χ0n) is 12.4. The Balaban J connectivity index is 1.80. The third-order valence-corrected chi connectivity index (χ3v) is 3.86. The molecule has 3 rings (SSSR count). The largest absolute Gasteiger partial charge is 0.356 e. The van der Waals surface area contributed by atoms with E-state index in [0.29, 0.717) is 30.6 Å². The van der Waals surface area contributed by atoms with Crippen molar-refractivity contribution in [1.29, 1.82) is 0 Å². The molecule has 116 valence electrons. The van der Waals surface area contributed by atoms with Crippen LogP contribution in [-0.2, 0) is 4.79 Å². The first-order valence-electron chi connectivity index (χ1n) is 7.61. The van der Waals surface area contributed by atoms with E-state index >= 15 is 0 Å². The molecule has 0 saturated carbocycles. The number of nitrogens with zero attached hydrogens (tertiary/aromatic N) is 4. The number of carbonyl (C=O) groups excluding carboxylic acids is 2. The third kappa shape index (κ3) is 3.08. The lowest BCUT2D eigenvalue weighted by molar-refractivity contribution is -0.121. The van der Waals surface area contributed by atoms with E-state index in [1.54, 1.807) is 23.4 Å². The van der Waals surface area contributed by atoms with E-state index in [4.69, 9.17) is 0 Å². The van der Waals surface area contributed by atoms with E-state index in [1.807, 2.05) is 6.07 Å². The lowest BCUT2D eigenvalue weighted by Gasteiger charge is -2.23. The highest BCUT2D eigenvalue weighted by atomic mass is 16.2. The molecule has 1 aliphatic rings. The van der Waals surface area contributed by atoms with Crippen LogP contribution in [0.3, 0.4) is 0 Å². The molecule has 2 aromatic heterocycles. The number of aromatic nitrogens is 3. The van der Waals surface area contributed by atoms with Crippen molar-refractivity contribution in [2.75, 3.05) is 19.6 Å². The quantitative estimate of drug-likeness (QED) is 0.847. The summed E-state index contributed by atoms with van der Waals surface area (Å²) in [6.45, 7) is 1.83. The van der Waals surface area contributed by atoms with Crippen LogP contribution in [0.5, 0.6) is 0 Å². The Morgan fingerprint density at radius 2 is 2.09 bits per heavy atom. The van der Waals surface area contributed by atoms with Gasteiger partial charge in [-0.05, 0) is 31.4 Å². The van der Waals surface area contributed by atoms with Crippen molar-refractivity contribution in [2.45, 2.75) is 25.7 Å². The van der Waals surface area contributed by atoms with E-state index in [9.17, 15) is 9.59 Å². The molecule has 2 aromatic rings. The zero-order chi connectivity index (χ0) is 15.4. The molecule has 7 nitrogen and oxygen atoms in total. The van der Waals surface area contributed by atoms with Gasteiger partial charge in [-0.15, -0.1) is 0 Å². The van der Waals surface area contributed by atoms with Gasteiger partial charge >= 0.3 is 0 Å². The molecular formula is C15H19N5O2. The molecule has 0 aromatic carbocycles. The van der Waals surface area contributed by atoms with Gasteiger partial charge in [0.05, 0.1) is 11.8 Å². The highest BCUT2D eigenvalue weighted by Gasteiger charge is 2.21. The molecule has 1 N–H and O–H groups in total. The van der Waals surface area contributed by atoms with Crippen molar-refractivity contribution < 1.29 is 9.59 Å². The van der Waals surface area contributed by atoms with Gasteiger partial charge in [0.2, 0.25) is 5.91 Å². The number of rotatable bonds is 1. The highest BCUT2D eigenvalue weighted by Crippen LogP contribution is 2.13. The number of hydrogen-bond donors (Lipinski definition) is 1. The standard InChI is InChI=1S/C15H19N5O2/c21-14-6-10-19(9-3-1-2-7-16-14)15(22)12-11-18-20-13(12)5-4-8-17-20/h4-5,8,11H,1-3,6-7,9-10H2,(H,16,21). The van der Waals surface area contributed by atoms with Crippen LogP contribution < -0.4 is 5.32 Å². The van der Waals surface area contributed by atoms with Crippen molar-refractivity contribution in [3.8, 4) is 0 Å². The maximum Gasteiger partial charge on any atom is 0.257 e. The second kappa shape index (κ2) is 6.55. The van der Waals surface area contributed by atoms with E-state index in [2.05, 4.69) is 15.5 Å². The summed E-state index contributed by atoms with van der Waals surface area (Å²) < 4.78 is 1.45. The van der Waals surface area contributed by atoms with Gasteiger partial charge in [0, 0.05) is 32.3 Å². The lowest BCUT2D eigenvalue weighted by atomic mass is 10.1. The van der Waals surface area contributed by atoms with Crippen LogP contribution in [0.25, 0.3) is 5.52 Å². The number of carbonyl (C=O) groups is 2. The van der Waals surface area contributed by atoms with Crippen LogP contribution in [0, 0.1) is 0 Å². The molecule has 1 fully saturated rings. The molecule has 0 unspecified atom stereocenters. The maximum atomic E-state index is 12.8. The number of nitrogens with one attached hydrogen (secondary N) is 1. The summed E-state index contributed by atoms with van der Waals surface area (Å²) in [5.74, 6) is -0.0856. The Hall–Kier alpha value is -2.44. The first kappa shape index (κ1) is 14.5. The average molecular weight is 301 g/mol. The zero-order valence-corrected chi connectivity index (χ0v) is 12.4. The van der Waals surface area contributed by atoms with Gasteiger partial charge < -0.3 is 10.2 Å². The Morgan fingerprint density at radius 1 is 1.18 bits per heavy atom. The Bertz CT molecular complexity index is 681. The fraction of sp³-hybridized carbons (Fsp3) is 0.467. The monoisotopic (exact) mass is 301 g/mol. The fourth-order valence-corrected chi connectivity index (χ4v) is 2.64. The SMILES string of the molecule is O=C1CCN(C(=O)c2cnn3ncccc23)CCCCCN1. The first-order valence-corrected chi connectivity index (χ1v) is 7.61. The van der Waals surface area contributed by atoms with Gasteiger partial charge in [-0.1, -0.05) is 0 Å². The number of fused-ring (bicyclic) bond motifs is 1. The molecule has 0 radical (unpaired) electrons. The molecule has 0 spiro atoms. The molecule has 22 heavy (non-hydrogen) atoms. The highest BCUT2D eigenvalue weighted by molar-refractivity contribution is 6.00. The van der Waals surface area contributed by atoms with Crippen LogP contribution in [-0.4, -0.2) is 51.2 Å². The molecule has 2 amide bonds. The molecule has 1 saturated heterocycles. The molecule has 0 atom stereocenters. The topological polar surface area (TPSA) is 79.6 Å². The normalized spacial score (nSPS) is 17.3. The molecule has 0 bridgehead atoms. The van der Waals surface area contributed by atoms with Gasteiger partial charge in [0.25, 0.3) is 5.91 Å². The first-order chi connectivity index (χ1) is 10.8. The van der Waals surface area contributed by atoms with Gasteiger partial charge in [-0.3, -0.25) is 9.59 Å². The minimum Gasteiger partial charge on any atom is -0.356 e. The summed E-state index contributed by atoms with van der Waals surface area (Å²) in [6, 6.07) is 3.60. The van der Waals surface area contributed by atoms with Gasteiger partial charge in [-0.25, -0.2) is 0 Å². The van der Waals surface area contributed by atoms with E-state index in [0.717, 1.165) is 25.8 Å². The van der Waals surface area contributed by atoms with Crippen molar-refractivity contribution >= 4 is 17.3 Å². The second-order valence-electron chi connectivity index (χ2n) is 5.41. The number of hydrogen-bond acceptors (Lipinski definition) is 4. The number of amides is 2. The Labute approximate surface area is 128 Å². The van der Waals surface area contributed by atoms with Crippen LogP contribution in [0.4, 0.5) is 0 Å². The molecule has 0 aliphatic carbocycles. The van der Waals surface area contributed by atoms with Crippen LogP contribution in [0.15, 0.2) is 24.5 Å². The lowest BCUT2D eigenvalue weighted by Crippen LogP contribution is -2.37. The third-order valence-electron chi connectivity index (χ3n) is 3.86. The van der Waals surface area contributed by atoms with E-state index < -0.39 is 0 Å². The minimum absolute atomic E-state index is 0.00114. The average Bonchev–Trinajstić information content (AvgIpc) is 2.97. The van der Waals surface area contributed by atoms with Crippen molar-refractivity contribution in [1.82, 2.24) is 25.0 Å². The van der Waals surface area contributed by atoms with E-state index in [-0.39, 0.29) is 11.8 Å². The summed E-state index contributed by atoms with van der Waals surface area (Å²) in [5, 5.41) is 11.0. The minimum atomic E-state index is -0.0867. The van der Waals surface area contributed by atoms with Crippen molar-refractivity contribution in [2.24, 2.45) is 0 Å².